The molecule has 0 radical (unpaired) electrons. The van der Waals surface area contributed by atoms with Crippen molar-refractivity contribution in [1.82, 2.24) is 14.9 Å². The Morgan fingerprint density at radius 1 is 0.792 bits per heavy atom. The molecule has 0 saturated carbocycles. The van der Waals surface area contributed by atoms with Gasteiger partial charge in [-0.25, -0.2) is 9.97 Å². The quantitative estimate of drug-likeness (QED) is 0.113. The number of phenolic OH excluding ortho intramolecular Hbond substituents is 2. The number of hydrogen-bond donors (Lipinski definition) is 2. The lowest BCUT2D eigenvalue weighted by atomic mass is 10.1. The number of hydrogen-bond acceptors (Lipinski definition) is 12. The van der Waals surface area contributed by atoms with Crippen LogP contribution in [0.25, 0.3) is 20.4 Å². The van der Waals surface area contributed by atoms with Gasteiger partial charge in [0.2, 0.25) is 5.91 Å². The molecule has 0 aliphatic rings. The maximum absolute atomic E-state index is 13.3. The Morgan fingerprint density at radius 3 is 1.67 bits per heavy atom. The SMILES string of the molecule is COc1cc(CN(Cc2cc(CSc3nc4ccccc4s3)c(O)c(OC)c2)C(=O)CC#N)cc(CSc2nc3ccccc3s2)c1O. The van der Waals surface area contributed by atoms with Gasteiger partial charge in [0.25, 0.3) is 0 Å². The Balaban J connectivity index is 1.23. The minimum absolute atomic E-state index is 0.0308. The second kappa shape index (κ2) is 15.2. The molecule has 2 heterocycles. The number of ether oxygens (including phenoxy) is 2. The Kier molecular flexibility index (Phi) is 10.6. The molecule has 0 spiro atoms. The summed E-state index contributed by atoms with van der Waals surface area (Å²) < 4.78 is 14.9. The molecule has 0 fully saturated rings. The molecule has 0 bridgehead atoms. The number of phenols is 2. The molecule has 6 aromatic rings. The molecule has 244 valence electrons. The lowest BCUT2D eigenvalue weighted by Gasteiger charge is -2.24. The van der Waals surface area contributed by atoms with E-state index in [0.29, 0.717) is 34.1 Å². The van der Waals surface area contributed by atoms with Crippen molar-refractivity contribution in [2.45, 2.75) is 39.7 Å². The third-order valence-electron chi connectivity index (χ3n) is 7.45. The summed E-state index contributed by atoms with van der Waals surface area (Å²) in [6.45, 7) is 0.323. The molecule has 0 unspecified atom stereocenters. The summed E-state index contributed by atoms with van der Waals surface area (Å²) in [6, 6.07) is 24.9. The van der Waals surface area contributed by atoms with Gasteiger partial charge in [-0.2, -0.15) is 5.26 Å². The maximum Gasteiger partial charge on any atom is 0.237 e. The summed E-state index contributed by atoms with van der Waals surface area (Å²) in [7, 11) is 2.97. The molecule has 0 aliphatic heterocycles. The van der Waals surface area contributed by atoms with E-state index in [4.69, 9.17) is 9.47 Å². The van der Waals surface area contributed by atoms with E-state index in [1.54, 1.807) is 39.7 Å². The molecule has 0 aliphatic carbocycles. The summed E-state index contributed by atoms with van der Waals surface area (Å²) in [5.41, 5.74) is 4.60. The van der Waals surface area contributed by atoms with Crippen molar-refractivity contribution >= 4 is 72.5 Å². The number of nitrogens with zero attached hydrogens (tertiary/aromatic N) is 4. The van der Waals surface area contributed by atoms with Gasteiger partial charge in [-0.05, 0) is 59.7 Å². The fourth-order valence-electron chi connectivity index (χ4n) is 5.13. The number of fused-ring (bicyclic) bond motifs is 2. The summed E-state index contributed by atoms with van der Waals surface area (Å²) in [5.74, 6) is 1.17. The number of para-hydroxylation sites is 2. The van der Waals surface area contributed by atoms with Gasteiger partial charge in [0.1, 0.15) is 6.42 Å². The lowest BCUT2D eigenvalue weighted by molar-refractivity contribution is -0.131. The molecule has 9 nitrogen and oxygen atoms in total. The van der Waals surface area contributed by atoms with Crippen LogP contribution in [0.3, 0.4) is 0 Å². The Morgan fingerprint density at radius 2 is 1.25 bits per heavy atom. The number of carbonyl (C=O) groups is 1. The van der Waals surface area contributed by atoms with E-state index in [1.165, 1.54) is 37.7 Å². The van der Waals surface area contributed by atoms with Gasteiger partial charge >= 0.3 is 0 Å². The number of methoxy groups -OCH3 is 2. The summed E-state index contributed by atoms with van der Waals surface area (Å²) in [6.07, 6.45) is -0.301. The first-order valence-electron chi connectivity index (χ1n) is 14.7. The lowest BCUT2D eigenvalue weighted by Crippen LogP contribution is -2.29. The van der Waals surface area contributed by atoms with Crippen LogP contribution < -0.4 is 9.47 Å². The highest BCUT2D eigenvalue weighted by atomic mass is 32.2. The number of aromatic nitrogens is 2. The molecule has 2 N–H and O–H groups in total. The molecule has 2 aromatic heterocycles. The second-order valence-electron chi connectivity index (χ2n) is 10.7. The van der Waals surface area contributed by atoms with Crippen LogP contribution in [0.4, 0.5) is 0 Å². The van der Waals surface area contributed by atoms with E-state index in [1.807, 2.05) is 66.7 Å². The van der Waals surface area contributed by atoms with Crippen molar-refractivity contribution in [1.29, 1.82) is 5.26 Å². The molecule has 4 aromatic carbocycles. The van der Waals surface area contributed by atoms with Crippen molar-refractivity contribution in [2.24, 2.45) is 0 Å². The maximum atomic E-state index is 13.3. The first-order chi connectivity index (χ1) is 23.3. The number of nitriles is 1. The van der Waals surface area contributed by atoms with Crippen molar-refractivity contribution in [3.8, 4) is 29.1 Å². The van der Waals surface area contributed by atoms with E-state index in [2.05, 4.69) is 9.97 Å². The van der Waals surface area contributed by atoms with Gasteiger partial charge in [0.15, 0.2) is 31.7 Å². The minimum atomic E-state index is -0.354. The summed E-state index contributed by atoms with van der Waals surface area (Å²) in [5, 5.41) is 31.3. The van der Waals surface area contributed by atoms with Crippen LogP contribution in [0.1, 0.15) is 28.7 Å². The Bertz CT molecular complexity index is 1940. The van der Waals surface area contributed by atoms with Crippen LogP contribution >= 0.6 is 46.2 Å². The average molecular weight is 715 g/mol. The topological polar surface area (TPSA) is 129 Å². The predicted octanol–water partition coefficient (Wildman–Crippen LogP) is 8.36. The largest absolute Gasteiger partial charge is 0.504 e. The normalized spacial score (nSPS) is 11.1. The van der Waals surface area contributed by atoms with Crippen molar-refractivity contribution in [2.75, 3.05) is 14.2 Å². The van der Waals surface area contributed by atoms with Gasteiger partial charge in [-0.15, -0.1) is 22.7 Å². The molecular formula is C35H30N4O5S4. The molecule has 48 heavy (non-hydrogen) atoms. The zero-order chi connectivity index (χ0) is 33.6. The van der Waals surface area contributed by atoms with Crippen molar-refractivity contribution < 1.29 is 24.5 Å². The average Bonchev–Trinajstić information content (AvgIpc) is 3.71. The Hall–Kier alpha value is -4.48. The predicted molar refractivity (Wildman–Crippen MR) is 192 cm³/mol. The van der Waals surface area contributed by atoms with Crippen LogP contribution in [0, 0.1) is 11.3 Å². The molecule has 1 amide bonds. The fourth-order valence-corrected chi connectivity index (χ4v) is 9.21. The number of aromatic hydroxyl groups is 2. The molecular weight excluding hydrogens is 685 g/mol. The number of thiazole rings is 2. The first-order valence-corrected chi connectivity index (χ1v) is 18.3. The summed E-state index contributed by atoms with van der Waals surface area (Å²) in [4.78, 5) is 24.2. The molecule has 0 atom stereocenters. The van der Waals surface area contributed by atoms with E-state index in [9.17, 15) is 20.3 Å². The third-order valence-corrected chi connectivity index (χ3v) is 11.9. The molecule has 6 rings (SSSR count). The molecule has 13 heteroatoms. The van der Waals surface area contributed by atoms with Gasteiger partial charge in [-0.1, -0.05) is 47.8 Å². The van der Waals surface area contributed by atoms with Crippen LogP contribution in [0.2, 0.25) is 0 Å². The highest BCUT2D eigenvalue weighted by Crippen LogP contribution is 2.40. The van der Waals surface area contributed by atoms with Crippen LogP contribution in [0.15, 0.2) is 81.5 Å². The number of carbonyl (C=O) groups excluding carboxylic acids is 1. The van der Waals surface area contributed by atoms with Gasteiger partial charge in [0, 0.05) is 35.7 Å². The number of amides is 1. The van der Waals surface area contributed by atoms with Crippen LogP contribution in [-0.4, -0.2) is 45.2 Å². The third kappa shape index (κ3) is 7.63. The monoisotopic (exact) mass is 714 g/mol. The van der Waals surface area contributed by atoms with Crippen molar-refractivity contribution in [3.05, 3.63) is 95.1 Å². The van der Waals surface area contributed by atoms with Crippen molar-refractivity contribution in [3.63, 3.8) is 0 Å². The zero-order valence-corrected chi connectivity index (χ0v) is 29.3. The fraction of sp³-hybridized carbons (Fsp3) is 0.200. The number of thioether (sulfide) groups is 2. The van der Waals surface area contributed by atoms with Crippen LogP contribution in [0.5, 0.6) is 23.0 Å². The first kappa shape index (κ1) is 33.4. The number of benzene rings is 4. The van der Waals surface area contributed by atoms with E-state index in [0.717, 1.165) is 40.2 Å². The van der Waals surface area contributed by atoms with E-state index >= 15 is 0 Å². The van der Waals surface area contributed by atoms with Gasteiger partial charge < -0.3 is 24.6 Å². The Labute approximate surface area is 293 Å². The zero-order valence-electron chi connectivity index (χ0n) is 26.0. The van der Waals surface area contributed by atoms with Gasteiger partial charge in [-0.3, -0.25) is 4.79 Å². The standard InChI is InChI=1S/C35H30N4O5S4/c1-43-27-15-21(13-23(32(27)41)19-45-34-37-25-7-3-5-9-29(25)47-34)17-39(31(40)11-12-36)18-22-14-24(33(42)28(16-22)44-2)20-46-35-38-26-8-4-6-10-30(26)48-35/h3-10,13-16,41-42H,11,17-20H2,1-2H3. The smallest absolute Gasteiger partial charge is 0.237 e. The van der Waals surface area contributed by atoms with Crippen LogP contribution in [-0.2, 0) is 29.4 Å². The highest BCUT2D eigenvalue weighted by Gasteiger charge is 2.20. The van der Waals surface area contributed by atoms with E-state index < -0.39 is 0 Å². The van der Waals surface area contributed by atoms with E-state index in [-0.39, 0.29) is 36.9 Å². The number of rotatable bonds is 13. The second-order valence-corrected chi connectivity index (χ2v) is 15.2. The summed E-state index contributed by atoms with van der Waals surface area (Å²) >= 11 is 6.20. The molecule has 0 saturated heterocycles. The highest BCUT2D eigenvalue weighted by molar-refractivity contribution is 8.00. The van der Waals surface area contributed by atoms with Gasteiger partial charge in [0.05, 0.1) is 40.7 Å². The minimum Gasteiger partial charge on any atom is -0.504 e.